The number of carbonyl (C=O) groups excluding carboxylic acids is 1. The Labute approximate surface area is 140 Å². The van der Waals surface area contributed by atoms with Crippen molar-refractivity contribution >= 4 is 17.5 Å². The van der Waals surface area contributed by atoms with E-state index < -0.39 is 6.04 Å². The molecule has 0 aromatic heterocycles. The first kappa shape index (κ1) is 16.0. The summed E-state index contributed by atoms with van der Waals surface area (Å²) in [5, 5.41) is 3.17. The summed E-state index contributed by atoms with van der Waals surface area (Å²) in [5.41, 5.74) is 0.387. The zero-order valence-corrected chi connectivity index (χ0v) is 13.4. The van der Waals surface area contributed by atoms with Gasteiger partial charge in [-0.25, -0.2) is 0 Å². The molecular formula is C17H18ClNO4. The summed E-state index contributed by atoms with van der Waals surface area (Å²) in [6.45, 7) is 1.74. The normalized spacial score (nSPS) is 21.1. The monoisotopic (exact) mass is 335 g/mol. The average molecular weight is 336 g/mol. The maximum Gasteiger partial charge on any atom is 0.252 e. The predicted octanol–water partition coefficient (Wildman–Crippen LogP) is 2.41. The van der Waals surface area contributed by atoms with E-state index >= 15 is 0 Å². The van der Waals surface area contributed by atoms with Crippen LogP contribution in [0.25, 0.3) is 0 Å². The summed E-state index contributed by atoms with van der Waals surface area (Å²) in [5.74, 6) is 3.24. The minimum atomic E-state index is -0.459. The number of amides is 1. The van der Waals surface area contributed by atoms with Gasteiger partial charge in [0.2, 0.25) is 0 Å². The first-order chi connectivity index (χ1) is 11.2. The average Bonchev–Trinajstić information content (AvgIpc) is 2.97. The van der Waals surface area contributed by atoms with Gasteiger partial charge in [-0.2, -0.15) is 0 Å². The minimum Gasteiger partial charge on any atom is -0.489 e. The van der Waals surface area contributed by atoms with Crippen LogP contribution in [0, 0.1) is 12.3 Å². The molecule has 2 aliphatic rings. The molecule has 1 aromatic carbocycles. The van der Waals surface area contributed by atoms with Gasteiger partial charge in [0.05, 0.1) is 24.3 Å². The van der Waals surface area contributed by atoms with Crippen LogP contribution in [0.1, 0.15) is 29.6 Å². The molecule has 3 rings (SSSR count). The maximum absolute atomic E-state index is 12.5. The number of rotatable bonds is 3. The molecule has 5 nitrogen and oxygen atoms in total. The number of benzene rings is 1. The van der Waals surface area contributed by atoms with Crippen molar-refractivity contribution in [1.82, 2.24) is 5.32 Å². The van der Waals surface area contributed by atoms with Gasteiger partial charge in [-0.3, -0.25) is 4.79 Å². The molecule has 1 fully saturated rings. The van der Waals surface area contributed by atoms with Gasteiger partial charge in [0, 0.05) is 18.6 Å². The number of nitrogens with one attached hydrogen (secondary N) is 1. The van der Waals surface area contributed by atoms with Crippen molar-refractivity contribution in [3.63, 3.8) is 0 Å². The van der Waals surface area contributed by atoms with E-state index in [-0.39, 0.29) is 12.0 Å². The standard InChI is InChI=1S/C17H18ClNO4/c1-2-13(14-5-3-6-21-14)19-17(20)11-9-12(18)16-15(10-11)22-7-4-8-23-16/h1,9-10,13-14H,3-8H2,(H,19,20). The number of hydrogen-bond acceptors (Lipinski definition) is 4. The van der Waals surface area contributed by atoms with E-state index in [0.717, 1.165) is 19.3 Å². The highest BCUT2D eigenvalue weighted by Crippen LogP contribution is 2.38. The zero-order chi connectivity index (χ0) is 16.2. The largest absolute Gasteiger partial charge is 0.489 e. The number of hydrogen-bond donors (Lipinski definition) is 1. The van der Waals surface area contributed by atoms with Crippen molar-refractivity contribution in [1.29, 1.82) is 0 Å². The molecule has 0 aliphatic carbocycles. The molecule has 1 amide bonds. The van der Waals surface area contributed by atoms with Crippen LogP contribution in [0.5, 0.6) is 11.5 Å². The molecule has 1 saturated heterocycles. The number of terminal acetylenes is 1. The number of halogens is 1. The van der Waals surface area contributed by atoms with Crippen molar-refractivity contribution in [2.45, 2.75) is 31.4 Å². The first-order valence-electron chi connectivity index (χ1n) is 7.67. The van der Waals surface area contributed by atoms with E-state index in [1.807, 2.05) is 0 Å². The van der Waals surface area contributed by atoms with Crippen molar-refractivity contribution in [2.75, 3.05) is 19.8 Å². The second kappa shape index (κ2) is 7.12. The van der Waals surface area contributed by atoms with Gasteiger partial charge in [0.1, 0.15) is 6.04 Å². The molecule has 1 aromatic rings. The summed E-state index contributed by atoms with van der Waals surface area (Å²) < 4.78 is 16.7. The van der Waals surface area contributed by atoms with E-state index in [4.69, 9.17) is 32.2 Å². The van der Waals surface area contributed by atoms with E-state index in [2.05, 4.69) is 11.2 Å². The van der Waals surface area contributed by atoms with Gasteiger partial charge < -0.3 is 19.5 Å². The number of carbonyl (C=O) groups is 1. The fourth-order valence-electron chi connectivity index (χ4n) is 2.69. The summed E-state index contributed by atoms with van der Waals surface area (Å²) >= 11 is 6.21. The quantitative estimate of drug-likeness (QED) is 0.862. The van der Waals surface area contributed by atoms with Crippen molar-refractivity contribution < 1.29 is 19.0 Å². The fourth-order valence-corrected chi connectivity index (χ4v) is 2.96. The molecule has 6 heteroatoms. The Balaban J connectivity index is 1.78. The molecule has 0 spiro atoms. The number of fused-ring (bicyclic) bond motifs is 1. The SMILES string of the molecule is C#CC(NC(=O)c1cc(Cl)c2c(c1)OCCCO2)C1CCCO1. The van der Waals surface area contributed by atoms with Crippen molar-refractivity contribution in [3.05, 3.63) is 22.7 Å². The van der Waals surface area contributed by atoms with E-state index in [0.29, 0.717) is 41.9 Å². The third-order valence-electron chi connectivity index (χ3n) is 3.87. The summed E-state index contributed by atoms with van der Waals surface area (Å²) in [6, 6.07) is 2.73. The Morgan fingerprint density at radius 1 is 1.30 bits per heavy atom. The molecule has 122 valence electrons. The molecule has 1 N–H and O–H groups in total. The predicted molar refractivity (Wildman–Crippen MR) is 86.1 cm³/mol. The molecular weight excluding hydrogens is 318 g/mol. The smallest absolute Gasteiger partial charge is 0.252 e. The lowest BCUT2D eigenvalue weighted by Gasteiger charge is -2.19. The van der Waals surface area contributed by atoms with E-state index in [1.54, 1.807) is 12.1 Å². The van der Waals surface area contributed by atoms with Crippen molar-refractivity contribution in [3.8, 4) is 23.8 Å². The topological polar surface area (TPSA) is 56.8 Å². The van der Waals surface area contributed by atoms with Gasteiger partial charge in [-0.1, -0.05) is 17.5 Å². The van der Waals surface area contributed by atoms with Gasteiger partial charge in [0.15, 0.2) is 11.5 Å². The van der Waals surface area contributed by atoms with Crippen molar-refractivity contribution in [2.24, 2.45) is 0 Å². The highest BCUT2D eigenvalue weighted by Gasteiger charge is 2.27. The van der Waals surface area contributed by atoms with Crippen LogP contribution in [-0.2, 0) is 4.74 Å². The summed E-state index contributed by atoms with van der Waals surface area (Å²) in [4.78, 5) is 12.5. The van der Waals surface area contributed by atoms with E-state index in [9.17, 15) is 4.79 Å². The summed E-state index contributed by atoms with van der Waals surface area (Å²) in [7, 11) is 0. The minimum absolute atomic E-state index is 0.139. The summed E-state index contributed by atoms with van der Waals surface area (Å²) in [6.07, 6.45) is 7.95. The molecule has 23 heavy (non-hydrogen) atoms. The highest BCUT2D eigenvalue weighted by molar-refractivity contribution is 6.32. The first-order valence-corrected chi connectivity index (χ1v) is 8.04. The van der Waals surface area contributed by atoms with Gasteiger partial charge in [0.25, 0.3) is 5.91 Å². The molecule has 0 bridgehead atoms. The lowest BCUT2D eigenvalue weighted by atomic mass is 10.1. The fraction of sp³-hybridized carbons (Fsp3) is 0.471. The molecule has 2 atom stereocenters. The molecule has 2 unspecified atom stereocenters. The Kier molecular flexibility index (Phi) is 4.94. The van der Waals surface area contributed by atoms with Crippen LogP contribution in [-0.4, -0.2) is 37.9 Å². The van der Waals surface area contributed by atoms with Gasteiger partial charge >= 0.3 is 0 Å². The number of ether oxygens (including phenoxy) is 3. The van der Waals surface area contributed by atoms with Crippen LogP contribution >= 0.6 is 11.6 Å². The third kappa shape index (κ3) is 3.54. The van der Waals surface area contributed by atoms with Gasteiger partial charge in [-0.15, -0.1) is 6.42 Å². The second-order valence-corrected chi connectivity index (χ2v) is 5.91. The molecule has 0 radical (unpaired) electrons. The lowest BCUT2D eigenvalue weighted by Crippen LogP contribution is -2.42. The maximum atomic E-state index is 12.5. The third-order valence-corrected chi connectivity index (χ3v) is 4.15. The second-order valence-electron chi connectivity index (χ2n) is 5.51. The van der Waals surface area contributed by atoms with Crippen LogP contribution in [0.2, 0.25) is 5.02 Å². The molecule has 2 aliphatic heterocycles. The Bertz CT molecular complexity index is 634. The molecule has 0 saturated carbocycles. The highest BCUT2D eigenvalue weighted by atomic mass is 35.5. The Morgan fingerprint density at radius 2 is 2.13 bits per heavy atom. The van der Waals surface area contributed by atoms with Crippen LogP contribution in [0.15, 0.2) is 12.1 Å². The Hall–Kier alpha value is -1.90. The van der Waals surface area contributed by atoms with Crippen LogP contribution < -0.4 is 14.8 Å². The van der Waals surface area contributed by atoms with E-state index in [1.165, 1.54) is 0 Å². The lowest BCUT2D eigenvalue weighted by molar-refractivity contribution is 0.0776. The van der Waals surface area contributed by atoms with Gasteiger partial charge in [-0.05, 0) is 25.0 Å². The zero-order valence-electron chi connectivity index (χ0n) is 12.6. The Morgan fingerprint density at radius 3 is 2.87 bits per heavy atom. The van der Waals surface area contributed by atoms with Crippen LogP contribution in [0.3, 0.4) is 0 Å². The van der Waals surface area contributed by atoms with Crippen LogP contribution in [0.4, 0.5) is 0 Å². The molecule has 2 heterocycles.